The fraction of sp³-hybridized carbons (Fsp3) is 0.214. The molecule has 160 valence electrons. The van der Waals surface area contributed by atoms with Crippen LogP contribution >= 0.6 is 0 Å². The molecule has 1 aliphatic rings. The van der Waals surface area contributed by atoms with Gasteiger partial charge in [0.2, 0.25) is 0 Å². The number of carbonyl (C=O) groups is 1. The zero-order valence-corrected chi connectivity index (χ0v) is 18.0. The van der Waals surface area contributed by atoms with E-state index in [-0.39, 0.29) is 0 Å². The Morgan fingerprint density at radius 3 is 2.56 bits per heavy atom. The van der Waals surface area contributed by atoms with Crippen molar-refractivity contribution in [3.8, 4) is 11.1 Å². The summed E-state index contributed by atoms with van der Waals surface area (Å²) in [6.45, 7) is 0.699. The van der Waals surface area contributed by atoms with Crippen LogP contribution in [0.4, 0.5) is 0 Å². The van der Waals surface area contributed by atoms with Gasteiger partial charge in [0.1, 0.15) is 0 Å². The van der Waals surface area contributed by atoms with Crippen LogP contribution in [0.25, 0.3) is 27.6 Å². The summed E-state index contributed by atoms with van der Waals surface area (Å²) in [7, 11) is 0. The van der Waals surface area contributed by atoms with E-state index < -0.39 is 5.97 Å². The lowest BCUT2D eigenvalue weighted by atomic mass is 9.92. The lowest BCUT2D eigenvalue weighted by Gasteiger charge is -2.13. The molecule has 0 amide bonds. The van der Waals surface area contributed by atoms with Crippen LogP contribution in [0.15, 0.2) is 79.0 Å². The number of carboxylic acids is 1. The smallest absolute Gasteiger partial charge is 0.335 e. The fourth-order valence-corrected chi connectivity index (χ4v) is 4.53. The van der Waals surface area contributed by atoms with Gasteiger partial charge in [0.15, 0.2) is 0 Å². The average molecular weight is 423 g/mol. The molecule has 1 aliphatic carbocycles. The first-order valence-corrected chi connectivity index (χ1v) is 11.3. The van der Waals surface area contributed by atoms with Crippen molar-refractivity contribution in [2.75, 3.05) is 0 Å². The highest BCUT2D eigenvalue weighted by atomic mass is 16.4. The maximum atomic E-state index is 11.2. The molecule has 3 aromatic carbocycles. The first kappa shape index (κ1) is 20.3. The van der Waals surface area contributed by atoms with Crippen molar-refractivity contribution in [2.24, 2.45) is 0 Å². The predicted octanol–water partition coefficient (Wildman–Crippen LogP) is 6.60. The molecule has 4 heteroatoms. The summed E-state index contributed by atoms with van der Waals surface area (Å²) < 4.78 is 1.96. The van der Waals surface area contributed by atoms with E-state index in [2.05, 4.69) is 48.7 Å². The van der Waals surface area contributed by atoms with Crippen molar-refractivity contribution in [3.05, 3.63) is 95.7 Å². The number of hydrogen-bond acceptors (Lipinski definition) is 2. The van der Waals surface area contributed by atoms with Gasteiger partial charge in [-0.15, -0.1) is 0 Å². The van der Waals surface area contributed by atoms with E-state index >= 15 is 0 Å². The van der Waals surface area contributed by atoms with Gasteiger partial charge in [0.25, 0.3) is 0 Å². The van der Waals surface area contributed by atoms with Gasteiger partial charge in [-0.1, -0.05) is 54.6 Å². The second kappa shape index (κ2) is 8.83. The molecule has 0 unspecified atom stereocenters. The van der Waals surface area contributed by atoms with E-state index in [1.807, 2.05) is 16.8 Å². The number of aromatic nitrogens is 2. The third-order valence-electron chi connectivity index (χ3n) is 6.26. The molecule has 32 heavy (non-hydrogen) atoms. The van der Waals surface area contributed by atoms with E-state index in [0.29, 0.717) is 12.1 Å². The van der Waals surface area contributed by atoms with E-state index in [1.165, 1.54) is 47.9 Å². The van der Waals surface area contributed by atoms with Gasteiger partial charge in [-0.3, -0.25) is 4.68 Å². The van der Waals surface area contributed by atoms with Crippen molar-refractivity contribution < 1.29 is 9.90 Å². The van der Waals surface area contributed by atoms with Crippen LogP contribution in [0.1, 0.15) is 47.2 Å². The van der Waals surface area contributed by atoms with Crippen molar-refractivity contribution >= 4 is 22.4 Å². The first-order chi connectivity index (χ1) is 15.7. The minimum absolute atomic E-state index is 0.322. The molecule has 1 N–H and O–H groups in total. The fourth-order valence-electron chi connectivity index (χ4n) is 4.53. The Kier molecular flexibility index (Phi) is 5.59. The van der Waals surface area contributed by atoms with Gasteiger partial charge in [-0.25, -0.2) is 4.79 Å². The summed E-state index contributed by atoms with van der Waals surface area (Å²) in [5.74, 6) is -0.896. The van der Waals surface area contributed by atoms with Crippen LogP contribution in [0.3, 0.4) is 0 Å². The van der Waals surface area contributed by atoms with Gasteiger partial charge >= 0.3 is 5.97 Å². The molecule has 4 nitrogen and oxygen atoms in total. The molecular formula is C28H26N2O2. The summed E-state index contributed by atoms with van der Waals surface area (Å²) >= 11 is 0. The van der Waals surface area contributed by atoms with Crippen LogP contribution < -0.4 is 0 Å². The number of fused-ring (bicyclic) bond motifs is 1. The molecule has 5 rings (SSSR count). The van der Waals surface area contributed by atoms with E-state index in [4.69, 9.17) is 5.10 Å². The number of nitrogens with zero attached hydrogens (tertiary/aromatic N) is 2. The topological polar surface area (TPSA) is 55.1 Å². The summed E-state index contributed by atoms with van der Waals surface area (Å²) in [5.41, 5.74) is 7.48. The van der Waals surface area contributed by atoms with Crippen LogP contribution in [0.2, 0.25) is 0 Å². The number of allylic oxidation sites excluding steroid dienone is 2. The first-order valence-electron chi connectivity index (χ1n) is 11.3. The predicted molar refractivity (Wildman–Crippen MR) is 129 cm³/mol. The number of aromatic carboxylic acids is 1. The van der Waals surface area contributed by atoms with Crippen molar-refractivity contribution in [1.29, 1.82) is 0 Å². The molecular weight excluding hydrogens is 396 g/mol. The highest BCUT2D eigenvalue weighted by Gasteiger charge is 2.10. The zero-order chi connectivity index (χ0) is 21.9. The monoisotopic (exact) mass is 422 g/mol. The molecule has 0 saturated carbocycles. The Morgan fingerprint density at radius 1 is 0.969 bits per heavy atom. The Hall–Kier alpha value is -3.66. The van der Waals surface area contributed by atoms with Crippen LogP contribution in [-0.4, -0.2) is 20.9 Å². The quantitative estimate of drug-likeness (QED) is 0.381. The number of carboxylic acid groups (broad SMARTS) is 1. The summed E-state index contributed by atoms with van der Waals surface area (Å²) in [6, 6.07) is 22.3. The highest BCUT2D eigenvalue weighted by molar-refractivity contribution is 5.94. The van der Waals surface area contributed by atoms with Crippen molar-refractivity contribution in [1.82, 2.24) is 9.78 Å². The van der Waals surface area contributed by atoms with E-state index in [1.54, 1.807) is 18.2 Å². The maximum absolute atomic E-state index is 11.2. The molecule has 1 heterocycles. The second-order valence-electron chi connectivity index (χ2n) is 8.44. The summed E-state index contributed by atoms with van der Waals surface area (Å²) in [5, 5.41) is 15.1. The Labute approximate surface area is 187 Å². The average Bonchev–Trinajstić information content (AvgIpc) is 3.27. The molecule has 0 atom stereocenters. The SMILES string of the molecule is O=C(O)c1cccc(CCn2cc3c(-c4ccc(C5=CCCCC5)cc4)cccc3n2)c1. The molecule has 0 radical (unpaired) electrons. The van der Waals surface area contributed by atoms with Crippen LogP contribution in [0, 0.1) is 0 Å². The highest BCUT2D eigenvalue weighted by Crippen LogP contribution is 2.31. The van der Waals surface area contributed by atoms with Gasteiger partial charge in [-0.2, -0.15) is 5.10 Å². The van der Waals surface area contributed by atoms with Crippen molar-refractivity contribution in [3.63, 3.8) is 0 Å². The van der Waals surface area contributed by atoms with E-state index in [9.17, 15) is 9.90 Å². The van der Waals surface area contributed by atoms with Gasteiger partial charge in [0.05, 0.1) is 11.1 Å². The molecule has 0 fully saturated rings. The summed E-state index contributed by atoms with van der Waals surface area (Å²) in [6.07, 6.45) is 10.2. The zero-order valence-electron chi connectivity index (χ0n) is 18.0. The molecule has 0 spiro atoms. The van der Waals surface area contributed by atoms with Crippen LogP contribution in [0.5, 0.6) is 0 Å². The maximum Gasteiger partial charge on any atom is 0.335 e. The number of aryl methyl sites for hydroxylation is 2. The normalized spacial score (nSPS) is 13.8. The minimum Gasteiger partial charge on any atom is -0.478 e. The number of benzene rings is 3. The van der Waals surface area contributed by atoms with E-state index in [0.717, 1.165) is 22.9 Å². The van der Waals surface area contributed by atoms with Gasteiger partial charge in [0, 0.05) is 18.1 Å². The Morgan fingerprint density at radius 2 is 1.78 bits per heavy atom. The molecule has 4 aromatic rings. The Bertz CT molecular complexity index is 1300. The second-order valence-corrected chi connectivity index (χ2v) is 8.44. The third kappa shape index (κ3) is 4.22. The Balaban J connectivity index is 1.38. The number of rotatable bonds is 6. The largest absolute Gasteiger partial charge is 0.478 e. The minimum atomic E-state index is -0.896. The lowest BCUT2D eigenvalue weighted by molar-refractivity contribution is 0.0696. The summed E-state index contributed by atoms with van der Waals surface area (Å²) in [4.78, 5) is 11.2. The molecule has 0 bridgehead atoms. The standard InChI is InChI=1S/C28H26N2O2/c31-28(32)24-9-4-6-20(18-24)16-17-30-19-26-25(10-5-11-27(26)29-30)23-14-12-22(13-15-23)21-7-2-1-3-8-21/h4-7,9-15,18-19H,1-3,8,16-17H2,(H,31,32). The molecule has 0 saturated heterocycles. The van der Waals surface area contributed by atoms with Gasteiger partial charge < -0.3 is 5.11 Å². The van der Waals surface area contributed by atoms with Crippen LogP contribution in [-0.2, 0) is 13.0 Å². The van der Waals surface area contributed by atoms with Gasteiger partial charge in [-0.05, 0) is 78.1 Å². The number of hydrogen-bond donors (Lipinski definition) is 1. The lowest BCUT2D eigenvalue weighted by Crippen LogP contribution is -2.03. The third-order valence-corrected chi connectivity index (χ3v) is 6.26. The molecule has 0 aliphatic heterocycles. The van der Waals surface area contributed by atoms with Crippen molar-refractivity contribution in [2.45, 2.75) is 38.6 Å². The molecule has 1 aromatic heterocycles.